The van der Waals surface area contributed by atoms with Gasteiger partial charge in [0.25, 0.3) is 5.91 Å². The van der Waals surface area contributed by atoms with E-state index < -0.39 is 0 Å². The van der Waals surface area contributed by atoms with Crippen LogP contribution < -0.4 is 11.1 Å². The lowest BCUT2D eigenvalue weighted by Crippen LogP contribution is -2.24. The third-order valence-electron chi connectivity index (χ3n) is 2.46. The number of nitrogen functional groups attached to an aromatic ring is 1. The molecule has 0 spiro atoms. The number of nitrogens with two attached hydrogens (primary N) is 1. The Balaban J connectivity index is 2.04. The third kappa shape index (κ3) is 2.62. The predicted octanol–water partition coefficient (Wildman–Crippen LogP) is 1.96. The molecular weight excluding hydrogens is 234 g/mol. The molecule has 2 aromatic rings. The highest BCUT2D eigenvalue weighted by atomic mass is 32.1. The van der Waals surface area contributed by atoms with Crippen LogP contribution in [0.3, 0.4) is 0 Å². The standard InChI is InChI=1S/C12H13N3OS/c1-8-6-17-7-9(8)5-15-12(16)11-10(13)3-2-4-14-11/h2-4,6-7H,5,13H2,1H3,(H,15,16). The van der Waals surface area contributed by atoms with Gasteiger partial charge in [-0.15, -0.1) is 0 Å². The second kappa shape index (κ2) is 4.97. The van der Waals surface area contributed by atoms with Crippen molar-refractivity contribution in [1.29, 1.82) is 0 Å². The molecule has 4 nitrogen and oxygen atoms in total. The first-order chi connectivity index (χ1) is 8.18. The van der Waals surface area contributed by atoms with E-state index in [0.29, 0.717) is 12.2 Å². The normalized spacial score (nSPS) is 10.2. The number of thiophene rings is 1. The molecule has 3 N–H and O–H groups in total. The van der Waals surface area contributed by atoms with Crippen LogP contribution in [-0.4, -0.2) is 10.9 Å². The Labute approximate surface area is 103 Å². The van der Waals surface area contributed by atoms with Gasteiger partial charge < -0.3 is 11.1 Å². The fourth-order valence-corrected chi connectivity index (χ4v) is 2.29. The lowest BCUT2D eigenvalue weighted by atomic mass is 10.2. The summed E-state index contributed by atoms with van der Waals surface area (Å²) in [5.41, 5.74) is 8.66. The minimum Gasteiger partial charge on any atom is -0.397 e. The van der Waals surface area contributed by atoms with Crippen molar-refractivity contribution in [1.82, 2.24) is 10.3 Å². The topological polar surface area (TPSA) is 68.0 Å². The van der Waals surface area contributed by atoms with Gasteiger partial charge in [-0.2, -0.15) is 11.3 Å². The van der Waals surface area contributed by atoms with Crippen LogP contribution in [0.15, 0.2) is 29.1 Å². The van der Waals surface area contributed by atoms with Crippen LogP contribution in [0, 0.1) is 6.92 Å². The molecule has 1 amide bonds. The molecule has 0 unspecified atom stereocenters. The molecule has 0 aliphatic heterocycles. The fraction of sp³-hybridized carbons (Fsp3) is 0.167. The Morgan fingerprint density at radius 1 is 1.53 bits per heavy atom. The highest BCUT2D eigenvalue weighted by Crippen LogP contribution is 2.13. The van der Waals surface area contributed by atoms with Crippen molar-refractivity contribution in [3.05, 3.63) is 45.9 Å². The number of aryl methyl sites for hydroxylation is 1. The summed E-state index contributed by atoms with van der Waals surface area (Å²) in [4.78, 5) is 15.8. The minimum atomic E-state index is -0.242. The summed E-state index contributed by atoms with van der Waals surface area (Å²) >= 11 is 1.63. The zero-order chi connectivity index (χ0) is 12.3. The molecule has 0 aromatic carbocycles. The average molecular weight is 247 g/mol. The van der Waals surface area contributed by atoms with Crippen LogP contribution in [-0.2, 0) is 6.54 Å². The van der Waals surface area contributed by atoms with E-state index in [1.807, 2.05) is 12.3 Å². The Bertz CT molecular complexity index is 536. The highest BCUT2D eigenvalue weighted by Gasteiger charge is 2.10. The number of carbonyl (C=O) groups is 1. The maximum atomic E-state index is 11.8. The predicted molar refractivity (Wildman–Crippen MR) is 68.9 cm³/mol. The van der Waals surface area contributed by atoms with E-state index in [0.717, 1.165) is 5.56 Å². The van der Waals surface area contributed by atoms with Gasteiger partial charge >= 0.3 is 0 Å². The summed E-state index contributed by atoms with van der Waals surface area (Å²) in [7, 11) is 0. The van der Waals surface area contributed by atoms with Crippen molar-refractivity contribution >= 4 is 22.9 Å². The monoisotopic (exact) mass is 247 g/mol. The summed E-state index contributed by atoms with van der Waals surface area (Å²) in [6, 6.07) is 3.37. The van der Waals surface area contributed by atoms with E-state index in [1.54, 1.807) is 29.7 Å². The third-order valence-corrected chi connectivity index (χ3v) is 3.37. The average Bonchev–Trinajstić information content (AvgIpc) is 2.72. The second-order valence-corrected chi connectivity index (χ2v) is 4.45. The molecule has 0 saturated carbocycles. The largest absolute Gasteiger partial charge is 0.397 e. The number of nitrogens with zero attached hydrogens (tertiary/aromatic N) is 1. The lowest BCUT2D eigenvalue weighted by molar-refractivity contribution is 0.0947. The van der Waals surface area contributed by atoms with Crippen LogP contribution in [0.5, 0.6) is 0 Å². The zero-order valence-electron chi connectivity index (χ0n) is 9.43. The number of nitrogens with one attached hydrogen (secondary N) is 1. The molecular formula is C12H13N3OS. The summed E-state index contributed by atoms with van der Waals surface area (Å²) in [5.74, 6) is -0.242. The molecule has 0 atom stereocenters. The van der Waals surface area contributed by atoms with Crippen LogP contribution >= 0.6 is 11.3 Å². The maximum Gasteiger partial charge on any atom is 0.272 e. The SMILES string of the molecule is Cc1cscc1CNC(=O)c1ncccc1N. The molecule has 2 aromatic heterocycles. The van der Waals surface area contributed by atoms with E-state index in [1.165, 1.54) is 5.56 Å². The Morgan fingerprint density at radius 2 is 2.35 bits per heavy atom. The van der Waals surface area contributed by atoms with Crippen molar-refractivity contribution < 1.29 is 4.79 Å². The van der Waals surface area contributed by atoms with Gasteiger partial charge in [0.15, 0.2) is 5.69 Å². The molecule has 0 bridgehead atoms. The van der Waals surface area contributed by atoms with E-state index >= 15 is 0 Å². The van der Waals surface area contributed by atoms with Gasteiger partial charge in [-0.3, -0.25) is 4.79 Å². The smallest absolute Gasteiger partial charge is 0.272 e. The lowest BCUT2D eigenvalue weighted by Gasteiger charge is -2.06. The van der Waals surface area contributed by atoms with Crippen molar-refractivity contribution in [2.75, 3.05) is 5.73 Å². The molecule has 0 aliphatic rings. The van der Waals surface area contributed by atoms with Gasteiger partial charge in [-0.25, -0.2) is 4.98 Å². The fourth-order valence-electron chi connectivity index (χ4n) is 1.43. The number of carbonyl (C=O) groups excluding carboxylic acids is 1. The number of hydrogen-bond donors (Lipinski definition) is 2. The number of pyridine rings is 1. The van der Waals surface area contributed by atoms with Crippen LogP contribution in [0.4, 0.5) is 5.69 Å². The van der Waals surface area contributed by atoms with Gasteiger partial charge in [-0.05, 0) is 40.9 Å². The van der Waals surface area contributed by atoms with E-state index in [2.05, 4.69) is 15.7 Å². The first-order valence-corrected chi connectivity index (χ1v) is 6.13. The van der Waals surface area contributed by atoms with E-state index in [-0.39, 0.29) is 11.6 Å². The number of rotatable bonds is 3. The molecule has 17 heavy (non-hydrogen) atoms. The maximum absolute atomic E-state index is 11.8. The van der Waals surface area contributed by atoms with Gasteiger partial charge in [-0.1, -0.05) is 0 Å². The summed E-state index contributed by atoms with van der Waals surface area (Å²) in [5, 5.41) is 6.89. The molecule has 0 aliphatic carbocycles. The Morgan fingerprint density at radius 3 is 3.00 bits per heavy atom. The van der Waals surface area contributed by atoms with Crippen molar-refractivity contribution in [3.63, 3.8) is 0 Å². The van der Waals surface area contributed by atoms with Gasteiger partial charge in [0, 0.05) is 12.7 Å². The molecule has 88 valence electrons. The first-order valence-electron chi connectivity index (χ1n) is 5.19. The van der Waals surface area contributed by atoms with Crippen molar-refractivity contribution in [3.8, 4) is 0 Å². The second-order valence-electron chi connectivity index (χ2n) is 3.70. The molecule has 0 fully saturated rings. The van der Waals surface area contributed by atoms with E-state index in [4.69, 9.17) is 5.73 Å². The van der Waals surface area contributed by atoms with Crippen LogP contribution in [0.2, 0.25) is 0 Å². The molecule has 0 saturated heterocycles. The Kier molecular flexibility index (Phi) is 3.39. The zero-order valence-corrected chi connectivity index (χ0v) is 10.3. The minimum absolute atomic E-state index is 0.242. The highest BCUT2D eigenvalue weighted by molar-refractivity contribution is 7.08. The molecule has 0 radical (unpaired) electrons. The van der Waals surface area contributed by atoms with E-state index in [9.17, 15) is 4.79 Å². The van der Waals surface area contributed by atoms with Crippen LogP contribution in [0.1, 0.15) is 21.6 Å². The molecule has 2 rings (SSSR count). The Hall–Kier alpha value is -1.88. The summed E-state index contributed by atoms with van der Waals surface area (Å²) in [6.45, 7) is 2.53. The molecule has 2 heterocycles. The summed E-state index contributed by atoms with van der Waals surface area (Å²) < 4.78 is 0. The van der Waals surface area contributed by atoms with Crippen LogP contribution in [0.25, 0.3) is 0 Å². The van der Waals surface area contributed by atoms with Crippen molar-refractivity contribution in [2.24, 2.45) is 0 Å². The van der Waals surface area contributed by atoms with Gasteiger partial charge in [0.05, 0.1) is 5.69 Å². The van der Waals surface area contributed by atoms with Crippen molar-refractivity contribution in [2.45, 2.75) is 13.5 Å². The summed E-state index contributed by atoms with van der Waals surface area (Å²) in [6.07, 6.45) is 1.56. The first kappa shape index (κ1) is 11.6. The number of amides is 1. The number of anilines is 1. The number of aromatic nitrogens is 1. The molecule has 5 heteroatoms. The van der Waals surface area contributed by atoms with Gasteiger partial charge in [0.1, 0.15) is 0 Å². The van der Waals surface area contributed by atoms with Gasteiger partial charge in [0.2, 0.25) is 0 Å². The quantitative estimate of drug-likeness (QED) is 0.871. The number of hydrogen-bond acceptors (Lipinski definition) is 4.